The standard InChI is InChI=1S/C66H109O11P/c1-4-7-10-13-16-19-22-25-28-30-31-33-36-39-42-45-48-51-54-57-66(70)77-63(59-73-64(68)55-52-49-46-43-40-37-35-32-29-26-23-20-17-14-11-8-5-2)61-75-78(71,72)74-60-62(58-67)76-65(69)56-53-50-47-44-41-38-34-27-24-21-18-15-12-9-6-3/h8-9,11-12,16-21,25-29,31,33-34,41,44,62-63,67H,4-7,10,13-15,22-24,30,32,35-40,42-43,45-61H2,1-3H3,(H,71,72)/b11-8-,12-9-,19-16-,20-17-,21-18-,28-25-,29-26-,33-31-,34-27-,44-41-. The van der Waals surface area contributed by atoms with Gasteiger partial charge in [-0.25, -0.2) is 4.57 Å². The van der Waals surface area contributed by atoms with Crippen molar-refractivity contribution < 1.29 is 52.2 Å². The molecule has 444 valence electrons. The fourth-order valence-electron chi connectivity index (χ4n) is 7.78. The van der Waals surface area contributed by atoms with Gasteiger partial charge in [0.1, 0.15) is 12.7 Å². The molecule has 0 aliphatic heterocycles. The summed E-state index contributed by atoms with van der Waals surface area (Å²) in [6.07, 6.45) is 72.9. The van der Waals surface area contributed by atoms with E-state index in [9.17, 15) is 28.9 Å². The molecule has 0 spiro atoms. The predicted octanol–water partition coefficient (Wildman–Crippen LogP) is 18.4. The maximum atomic E-state index is 12.9. The minimum absolute atomic E-state index is 0.118. The normalized spacial score (nSPS) is 14.2. The van der Waals surface area contributed by atoms with E-state index in [0.29, 0.717) is 19.3 Å². The lowest BCUT2D eigenvalue weighted by Gasteiger charge is -2.21. The Hall–Kier alpha value is -4.12. The van der Waals surface area contributed by atoms with Crippen LogP contribution in [0.25, 0.3) is 0 Å². The maximum Gasteiger partial charge on any atom is 0.472 e. The Morgan fingerprint density at radius 1 is 0.372 bits per heavy atom. The van der Waals surface area contributed by atoms with Gasteiger partial charge in [-0.3, -0.25) is 23.4 Å². The summed E-state index contributed by atoms with van der Waals surface area (Å²) in [5, 5.41) is 9.83. The van der Waals surface area contributed by atoms with Gasteiger partial charge >= 0.3 is 25.7 Å². The number of unbranched alkanes of at least 4 members (excludes halogenated alkanes) is 18. The van der Waals surface area contributed by atoms with Crippen LogP contribution in [0, 0.1) is 0 Å². The molecule has 0 fully saturated rings. The first-order chi connectivity index (χ1) is 38.2. The van der Waals surface area contributed by atoms with Gasteiger partial charge in [0.25, 0.3) is 0 Å². The first-order valence-electron chi connectivity index (χ1n) is 30.4. The third kappa shape index (κ3) is 56.6. The Balaban J connectivity index is 4.81. The highest BCUT2D eigenvalue weighted by atomic mass is 31.2. The highest BCUT2D eigenvalue weighted by Crippen LogP contribution is 2.43. The van der Waals surface area contributed by atoms with E-state index >= 15 is 0 Å². The van der Waals surface area contributed by atoms with Gasteiger partial charge in [-0.15, -0.1) is 0 Å². The molecule has 0 aromatic heterocycles. The number of hydrogen-bond donors (Lipinski definition) is 2. The first kappa shape index (κ1) is 73.9. The molecular weight excluding hydrogens is 1000 g/mol. The fraction of sp³-hybridized carbons (Fsp3) is 0.652. The van der Waals surface area contributed by atoms with Gasteiger partial charge in [0.2, 0.25) is 0 Å². The van der Waals surface area contributed by atoms with E-state index in [1.54, 1.807) is 0 Å². The summed E-state index contributed by atoms with van der Waals surface area (Å²) < 4.78 is 39.6. The molecular formula is C66H109O11P. The Labute approximate surface area is 475 Å². The van der Waals surface area contributed by atoms with Crippen LogP contribution in [0.15, 0.2) is 122 Å². The summed E-state index contributed by atoms with van der Waals surface area (Å²) in [5.74, 6) is -1.54. The number of carbonyl (C=O) groups is 3. The van der Waals surface area contributed by atoms with E-state index in [2.05, 4.69) is 142 Å². The zero-order valence-electron chi connectivity index (χ0n) is 49.1. The van der Waals surface area contributed by atoms with Crippen molar-refractivity contribution in [2.75, 3.05) is 26.4 Å². The number of esters is 3. The lowest BCUT2D eigenvalue weighted by Crippen LogP contribution is -2.30. The van der Waals surface area contributed by atoms with E-state index in [0.717, 1.165) is 141 Å². The molecule has 78 heavy (non-hydrogen) atoms. The number of allylic oxidation sites excluding steroid dienone is 20. The average Bonchev–Trinajstić information content (AvgIpc) is 3.43. The van der Waals surface area contributed by atoms with Crippen molar-refractivity contribution in [3.8, 4) is 0 Å². The van der Waals surface area contributed by atoms with Crippen LogP contribution < -0.4 is 0 Å². The number of ether oxygens (including phenoxy) is 3. The molecule has 0 heterocycles. The molecule has 0 rings (SSSR count). The van der Waals surface area contributed by atoms with Crippen LogP contribution in [0.1, 0.15) is 239 Å². The molecule has 11 nitrogen and oxygen atoms in total. The molecule has 0 aromatic rings. The van der Waals surface area contributed by atoms with Crippen LogP contribution in [-0.2, 0) is 42.2 Å². The number of aliphatic hydroxyl groups excluding tert-OH is 1. The number of phosphoric acid groups is 1. The molecule has 3 atom stereocenters. The molecule has 0 aliphatic carbocycles. The number of carbonyl (C=O) groups excluding carboxylic acids is 3. The number of phosphoric ester groups is 1. The topological polar surface area (TPSA) is 155 Å². The SMILES string of the molecule is CC/C=C\C/C=C\C/C=C\C/C=C\CCCCC(=O)OC(CO)COP(=O)(O)OCC(COC(=O)CCCCCCCCC/C=C\C/C=C\C/C=C\CC)OC(=O)CCCCCCCC/C=C\C/C=C\C/C=C\CCCCC. The smallest absolute Gasteiger partial charge is 0.462 e. The zero-order valence-corrected chi connectivity index (χ0v) is 50.0. The Kier molecular flexibility index (Phi) is 55.9. The second kappa shape index (κ2) is 59.0. The summed E-state index contributed by atoms with van der Waals surface area (Å²) >= 11 is 0. The Morgan fingerprint density at radius 2 is 0.667 bits per heavy atom. The fourth-order valence-corrected chi connectivity index (χ4v) is 8.56. The van der Waals surface area contributed by atoms with Crippen molar-refractivity contribution in [3.05, 3.63) is 122 Å². The van der Waals surface area contributed by atoms with Gasteiger partial charge in [-0.05, 0) is 128 Å². The van der Waals surface area contributed by atoms with Crippen molar-refractivity contribution in [2.24, 2.45) is 0 Å². The zero-order chi connectivity index (χ0) is 56.9. The van der Waals surface area contributed by atoms with Crippen molar-refractivity contribution in [1.29, 1.82) is 0 Å². The second-order valence-corrected chi connectivity index (χ2v) is 21.2. The molecule has 0 radical (unpaired) electrons. The van der Waals surface area contributed by atoms with Gasteiger partial charge < -0.3 is 24.2 Å². The first-order valence-corrected chi connectivity index (χ1v) is 31.9. The highest BCUT2D eigenvalue weighted by Gasteiger charge is 2.28. The van der Waals surface area contributed by atoms with Crippen LogP contribution >= 0.6 is 7.82 Å². The Morgan fingerprint density at radius 3 is 1.05 bits per heavy atom. The van der Waals surface area contributed by atoms with Crippen LogP contribution in [0.2, 0.25) is 0 Å². The third-order valence-corrected chi connectivity index (χ3v) is 13.3. The summed E-state index contributed by atoms with van der Waals surface area (Å²) in [6.45, 7) is 4.32. The van der Waals surface area contributed by atoms with Crippen molar-refractivity contribution in [1.82, 2.24) is 0 Å². The third-order valence-electron chi connectivity index (χ3n) is 12.3. The maximum absolute atomic E-state index is 12.9. The molecule has 12 heteroatoms. The monoisotopic (exact) mass is 1110 g/mol. The van der Waals surface area contributed by atoms with Gasteiger partial charge in [-0.1, -0.05) is 213 Å². The number of rotatable bonds is 55. The van der Waals surface area contributed by atoms with E-state index in [1.165, 1.54) is 38.5 Å². The van der Waals surface area contributed by atoms with Crippen molar-refractivity contribution in [3.63, 3.8) is 0 Å². The van der Waals surface area contributed by atoms with Crippen molar-refractivity contribution in [2.45, 2.75) is 251 Å². The average molecular weight is 1110 g/mol. The molecule has 0 saturated carbocycles. The van der Waals surface area contributed by atoms with E-state index in [4.69, 9.17) is 23.3 Å². The lowest BCUT2D eigenvalue weighted by atomic mass is 10.1. The molecule has 0 aromatic carbocycles. The minimum Gasteiger partial charge on any atom is -0.462 e. The van der Waals surface area contributed by atoms with E-state index in [-0.39, 0.29) is 25.9 Å². The van der Waals surface area contributed by atoms with Crippen LogP contribution in [-0.4, -0.2) is 66.5 Å². The molecule has 3 unspecified atom stereocenters. The number of hydrogen-bond acceptors (Lipinski definition) is 10. The van der Waals surface area contributed by atoms with E-state index < -0.39 is 57.8 Å². The molecule has 2 N–H and O–H groups in total. The van der Waals surface area contributed by atoms with Crippen LogP contribution in [0.3, 0.4) is 0 Å². The van der Waals surface area contributed by atoms with Crippen molar-refractivity contribution >= 4 is 25.7 Å². The number of aliphatic hydroxyl groups is 1. The summed E-state index contributed by atoms with van der Waals surface area (Å²) in [7, 11) is -4.78. The van der Waals surface area contributed by atoms with Crippen LogP contribution in [0.4, 0.5) is 0 Å². The summed E-state index contributed by atoms with van der Waals surface area (Å²) in [5.41, 5.74) is 0. The largest absolute Gasteiger partial charge is 0.472 e. The van der Waals surface area contributed by atoms with Gasteiger partial charge in [0.15, 0.2) is 6.10 Å². The quantitative estimate of drug-likeness (QED) is 0.0197. The summed E-state index contributed by atoms with van der Waals surface area (Å²) in [4.78, 5) is 48.7. The predicted molar refractivity (Wildman–Crippen MR) is 325 cm³/mol. The van der Waals surface area contributed by atoms with Gasteiger partial charge in [0, 0.05) is 19.3 Å². The minimum atomic E-state index is -4.78. The molecule has 0 aliphatic rings. The summed E-state index contributed by atoms with van der Waals surface area (Å²) in [6, 6.07) is 0. The molecule has 0 saturated heterocycles. The van der Waals surface area contributed by atoms with Gasteiger partial charge in [0.05, 0.1) is 19.8 Å². The second-order valence-electron chi connectivity index (χ2n) is 19.7. The molecule has 0 bridgehead atoms. The highest BCUT2D eigenvalue weighted by molar-refractivity contribution is 7.47. The molecule has 0 amide bonds. The van der Waals surface area contributed by atoms with E-state index in [1.807, 2.05) is 0 Å². The lowest BCUT2D eigenvalue weighted by molar-refractivity contribution is -0.161. The van der Waals surface area contributed by atoms with Gasteiger partial charge in [-0.2, -0.15) is 0 Å². The Bertz CT molecular complexity index is 1770. The van der Waals surface area contributed by atoms with Crippen LogP contribution in [0.5, 0.6) is 0 Å².